The van der Waals surface area contributed by atoms with Crippen molar-refractivity contribution in [2.75, 3.05) is 5.32 Å². The summed E-state index contributed by atoms with van der Waals surface area (Å²) in [5.74, 6) is -0.640. The highest BCUT2D eigenvalue weighted by atomic mass is 32.1. The summed E-state index contributed by atoms with van der Waals surface area (Å²) >= 11 is 1.41. The van der Waals surface area contributed by atoms with Gasteiger partial charge in [0.2, 0.25) is 5.91 Å². The van der Waals surface area contributed by atoms with Gasteiger partial charge in [-0.2, -0.15) is 5.10 Å². The van der Waals surface area contributed by atoms with Gasteiger partial charge in [0, 0.05) is 16.5 Å². The molecule has 6 nitrogen and oxygen atoms in total. The van der Waals surface area contributed by atoms with Crippen LogP contribution in [0.4, 0.5) is 13.8 Å². The van der Waals surface area contributed by atoms with Gasteiger partial charge in [-0.05, 0) is 64.0 Å². The van der Waals surface area contributed by atoms with Crippen LogP contribution in [0.1, 0.15) is 84.1 Å². The summed E-state index contributed by atoms with van der Waals surface area (Å²) in [6.07, 6.45) is 2.60. The van der Waals surface area contributed by atoms with Crippen molar-refractivity contribution in [3.8, 4) is 0 Å². The number of aromatic nitrogens is 2. The number of nitrogens with one attached hydrogen (secondary N) is 1. The zero-order chi connectivity index (χ0) is 21.4. The van der Waals surface area contributed by atoms with Crippen molar-refractivity contribution in [3.63, 3.8) is 0 Å². The topological polar surface area (TPSA) is 73.2 Å². The van der Waals surface area contributed by atoms with Gasteiger partial charge < -0.3 is 10.1 Å². The second-order valence-corrected chi connectivity index (χ2v) is 9.25. The van der Waals surface area contributed by atoms with Crippen LogP contribution < -0.4 is 5.32 Å². The molecule has 2 aromatic rings. The van der Waals surface area contributed by atoms with Gasteiger partial charge in [0.05, 0.1) is 11.7 Å². The monoisotopic (exact) mass is 437 g/mol. The Kier molecular flexibility index (Phi) is 5.90. The second kappa shape index (κ2) is 8.45. The molecule has 0 radical (unpaired) electrons. The number of esters is 1. The van der Waals surface area contributed by atoms with Gasteiger partial charge in [0.25, 0.3) is 6.43 Å². The number of fused-ring (bicyclic) bond motifs is 1. The summed E-state index contributed by atoms with van der Waals surface area (Å²) in [4.78, 5) is 26.6. The Bertz CT molecular complexity index is 963. The van der Waals surface area contributed by atoms with Crippen LogP contribution in [-0.4, -0.2) is 27.8 Å². The van der Waals surface area contributed by atoms with E-state index in [0.29, 0.717) is 16.3 Å². The number of hydrogen-bond donors (Lipinski definition) is 1. The molecule has 2 aliphatic carbocycles. The van der Waals surface area contributed by atoms with Gasteiger partial charge in [-0.25, -0.2) is 13.6 Å². The van der Waals surface area contributed by atoms with E-state index in [1.54, 1.807) is 13.8 Å². The van der Waals surface area contributed by atoms with Crippen LogP contribution in [-0.2, 0) is 28.9 Å². The molecule has 0 spiro atoms. The van der Waals surface area contributed by atoms with E-state index < -0.39 is 18.3 Å². The highest BCUT2D eigenvalue weighted by Crippen LogP contribution is 2.41. The Morgan fingerprint density at radius 1 is 1.30 bits per heavy atom. The van der Waals surface area contributed by atoms with Gasteiger partial charge in [-0.1, -0.05) is 0 Å². The largest absolute Gasteiger partial charge is 0.459 e. The third kappa shape index (κ3) is 4.40. The van der Waals surface area contributed by atoms with Crippen molar-refractivity contribution < 1.29 is 23.1 Å². The van der Waals surface area contributed by atoms with Gasteiger partial charge >= 0.3 is 5.97 Å². The summed E-state index contributed by atoms with van der Waals surface area (Å²) in [5, 5.41) is 7.24. The van der Waals surface area contributed by atoms with Crippen LogP contribution in [0.2, 0.25) is 0 Å². The maximum absolute atomic E-state index is 13.1. The number of carbonyl (C=O) groups is 2. The molecule has 1 saturated carbocycles. The summed E-state index contributed by atoms with van der Waals surface area (Å²) in [7, 11) is 0. The average Bonchev–Trinajstić information content (AvgIpc) is 3.32. The number of aryl methyl sites for hydroxylation is 1. The molecule has 30 heavy (non-hydrogen) atoms. The average molecular weight is 438 g/mol. The van der Waals surface area contributed by atoms with Crippen LogP contribution in [0.25, 0.3) is 0 Å². The van der Waals surface area contributed by atoms with Crippen LogP contribution in [0.3, 0.4) is 0 Å². The van der Waals surface area contributed by atoms with E-state index in [4.69, 9.17) is 4.74 Å². The smallest absolute Gasteiger partial charge is 0.341 e. The summed E-state index contributed by atoms with van der Waals surface area (Å²) < 4.78 is 32.9. The lowest BCUT2D eigenvalue weighted by Crippen LogP contribution is -2.22. The molecule has 0 bridgehead atoms. The Morgan fingerprint density at radius 3 is 2.70 bits per heavy atom. The van der Waals surface area contributed by atoms with Gasteiger partial charge in [0.15, 0.2) is 0 Å². The van der Waals surface area contributed by atoms with Crippen LogP contribution in [0.15, 0.2) is 6.07 Å². The Morgan fingerprint density at radius 2 is 2.03 bits per heavy atom. The van der Waals surface area contributed by atoms with E-state index in [1.165, 1.54) is 22.1 Å². The molecule has 9 heteroatoms. The van der Waals surface area contributed by atoms with Crippen molar-refractivity contribution in [2.24, 2.45) is 0 Å². The van der Waals surface area contributed by atoms with Crippen molar-refractivity contribution in [1.82, 2.24) is 9.78 Å². The summed E-state index contributed by atoms with van der Waals surface area (Å²) in [5.41, 5.74) is 1.76. The Hall–Kier alpha value is -2.29. The summed E-state index contributed by atoms with van der Waals surface area (Å²) in [6, 6.07) is 1.39. The van der Waals surface area contributed by atoms with E-state index in [-0.39, 0.29) is 24.3 Å². The van der Waals surface area contributed by atoms with Crippen molar-refractivity contribution >= 4 is 28.2 Å². The number of ether oxygens (including phenoxy) is 1. The maximum atomic E-state index is 13.1. The predicted octanol–water partition coefficient (Wildman–Crippen LogP) is 4.84. The molecule has 1 amide bonds. The fraction of sp³-hybridized carbons (Fsp3) is 0.571. The first-order chi connectivity index (χ1) is 14.3. The number of nitrogens with zero attached hydrogens (tertiary/aromatic N) is 2. The van der Waals surface area contributed by atoms with Crippen molar-refractivity contribution in [1.29, 1.82) is 0 Å². The molecule has 0 atom stereocenters. The lowest BCUT2D eigenvalue weighted by Gasteiger charge is -2.14. The number of amides is 1. The molecule has 162 valence electrons. The predicted molar refractivity (Wildman–Crippen MR) is 109 cm³/mol. The lowest BCUT2D eigenvalue weighted by atomic mass is 9.95. The highest BCUT2D eigenvalue weighted by Gasteiger charge is 2.31. The molecule has 0 saturated heterocycles. The van der Waals surface area contributed by atoms with Crippen molar-refractivity contribution in [2.45, 2.75) is 77.4 Å². The van der Waals surface area contributed by atoms with Gasteiger partial charge in [-0.15, -0.1) is 11.3 Å². The molecule has 0 aliphatic heterocycles. The first-order valence-corrected chi connectivity index (χ1v) is 11.2. The van der Waals surface area contributed by atoms with E-state index in [2.05, 4.69) is 10.4 Å². The van der Waals surface area contributed by atoms with E-state index in [1.807, 2.05) is 0 Å². The zero-order valence-corrected chi connectivity index (χ0v) is 17.9. The number of hydrogen-bond acceptors (Lipinski definition) is 5. The zero-order valence-electron chi connectivity index (χ0n) is 17.0. The van der Waals surface area contributed by atoms with Crippen LogP contribution >= 0.6 is 11.3 Å². The molecule has 2 aliphatic rings. The molecule has 2 aromatic heterocycles. The molecule has 2 heterocycles. The molecule has 0 unspecified atom stereocenters. The first-order valence-electron chi connectivity index (χ1n) is 10.3. The third-order valence-electron chi connectivity index (χ3n) is 5.31. The molecule has 0 aromatic carbocycles. The minimum Gasteiger partial charge on any atom is -0.459 e. The molecular formula is C21H25F2N3O3S. The molecule has 4 rings (SSSR count). The number of rotatable bonds is 7. The number of thiophene rings is 1. The normalized spacial score (nSPS) is 16.1. The highest BCUT2D eigenvalue weighted by molar-refractivity contribution is 7.17. The van der Waals surface area contributed by atoms with Crippen LogP contribution in [0.5, 0.6) is 0 Å². The van der Waals surface area contributed by atoms with Gasteiger partial charge in [0.1, 0.15) is 17.2 Å². The number of carbonyl (C=O) groups excluding carboxylic acids is 2. The fourth-order valence-corrected chi connectivity index (χ4v) is 5.13. The van der Waals surface area contributed by atoms with E-state index in [9.17, 15) is 18.4 Å². The van der Waals surface area contributed by atoms with E-state index in [0.717, 1.165) is 49.0 Å². The lowest BCUT2D eigenvalue weighted by molar-refractivity contribution is -0.116. The van der Waals surface area contributed by atoms with Crippen molar-refractivity contribution in [3.05, 3.63) is 33.5 Å². The second-order valence-electron chi connectivity index (χ2n) is 8.14. The molecule has 1 fully saturated rings. The first kappa shape index (κ1) is 21.0. The SMILES string of the molecule is CC(C)OC(=O)c1c(NC(=O)Cn2nc(C(F)F)cc2C2CC2)sc2c1CCCC2. The number of halogens is 2. The quantitative estimate of drug-likeness (QED) is 0.629. The molecular weight excluding hydrogens is 412 g/mol. The standard InChI is InChI=1S/C21H25F2N3O3S/c1-11(2)29-21(28)18-13-5-3-4-6-16(13)30-20(18)24-17(27)10-26-15(12-7-8-12)9-14(25-26)19(22)23/h9,11-12,19H,3-8,10H2,1-2H3,(H,24,27). The number of alkyl halides is 2. The number of anilines is 1. The fourth-order valence-electron chi connectivity index (χ4n) is 3.84. The third-order valence-corrected chi connectivity index (χ3v) is 6.52. The Balaban J connectivity index is 1.56. The van der Waals surface area contributed by atoms with Crippen LogP contribution in [0, 0.1) is 0 Å². The molecule has 1 N–H and O–H groups in total. The van der Waals surface area contributed by atoms with E-state index >= 15 is 0 Å². The maximum Gasteiger partial charge on any atom is 0.341 e. The Labute approximate surface area is 177 Å². The summed E-state index contributed by atoms with van der Waals surface area (Å²) in [6.45, 7) is 3.40. The van der Waals surface area contributed by atoms with Gasteiger partial charge in [-0.3, -0.25) is 9.48 Å². The minimum atomic E-state index is -2.67. The minimum absolute atomic E-state index is 0.167.